The monoisotopic (exact) mass is 388 g/mol. The van der Waals surface area contributed by atoms with Gasteiger partial charge in [0.15, 0.2) is 9.84 Å². The van der Waals surface area contributed by atoms with Crippen molar-refractivity contribution in [1.82, 2.24) is 10.2 Å². The first-order valence-corrected chi connectivity index (χ1v) is 10.9. The van der Waals surface area contributed by atoms with Crippen molar-refractivity contribution in [3.63, 3.8) is 0 Å². The number of hydrogen-bond acceptors (Lipinski definition) is 4. The number of rotatable bonds is 8. The number of benzene rings is 2. The lowest BCUT2D eigenvalue weighted by molar-refractivity contribution is -0.122. The Morgan fingerprint density at radius 1 is 1.11 bits per heavy atom. The highest BCUT2D eigenvalue weighted by Crippen LogP contribution is 2.20. The lowest BCUT2D eigenvalue weighted by atomic mass is 10.1. The van der Waals surface area contributed by atoms with Crippen molar-refractivity contribution >= 4 is 15.7 Å². The summed E-state index contributed by atoms with van der Waals surface area (Å²) in [7, 11) is -1.31. The van der Waals surface area contributed by atoms with Gasteiger partial charge >= 0.3 is 0 Å². The summed E-state index contributed by atoms with van der Waals surface area (Å²) in [5.74, 6) is -0.0225. The molecule has 0 heterocycles. The van der Waals surface area contributed by atoms with Crippen molar-refractivity contribution in [2.75, 3.05) is 26.4 Å². The molecular weight excluding hydrogens is 360 g/mol. The van der Waals surface area contributed by atoms with E-state index in [0.717, 1.165) is 12.0 Å². The fourth-order valence-electron chi connectivity index (χ4n) is 2.89. The van der Waals surface area contributed by atoms with Crippen LogP contribution in [0.25, 0.3) is 0 Å². The highest BCUT2D eigenvalue weighted by Gasteiger charge is 2.16. The van der Waals surface area contributed by atoms with Crippen LogP contribution < -0.4 is 5.32 Å². The summed E-state index contributed by atoms with van der Waals surface area (Å²) in [6.45, 7) is 4.95. The molecule has 0 fully saturated rings. The first-order chi connectivity index (χ1) is 12.7. The van der Waals surface area contributed by atoms with Gasteiger partial charge in [-0.05, 0) is 56.1 Å². The molecule has 0 saturated carbocycles. The lowest BCUT2D eigenvalue weighted by Gasteiger charge is -2.24. The molecular formula is C21H28N2O3S. The maximum atomic E-state index is 12.2. The van der Waals surface area contributed by atoms with Crippen molar-refractivity contribution in [1.29, 1.82) is 0 Å². The molecule has 0 aliphatic rings. The first kappa shape index (κ1) is 21.1. The quantitative estimate of drug-likeness (QED) is 0.755. The van der Waals surface area contributed by atoms with E-state index < -0.39 is 9.84 Å². The molecule has 2 rings (SSSR count). The molecule has 0 radical (unpaired) electrons. The molecule has 1 unspecified atom stereocenters. The van der Waals surface area contributed by atoms with Crippen LogP contribution in [-0.4, -0.2) is 45.6 Å². The molecule has 1 amide bonds. The van der Waals surface area contributed by atoms with Crippen LogP contribution >= 0.6 is 0 Å². The molecule has 0 bridgehead atoms. The maximum Gasteiger partial charge on any atom is 0.234 e. The third-order valence-corrected chi connectivity index (χ3v) is 5.95. The van der Waals surface area contributed by atoms with Gasteiger partial charge in [-0.3, -0.25) is 9.69 Å². The predicted octanol–water partition coefficient (Wildman–Crippen LogP) is 2.75. The standard InChI is InChI=1S/C21H28N2O3S/c1-16-7-5-6-8-18(16)13-14-22-21(24)15-23(3)17(2)19-9-11-20(12-10-19)27(4,25)26/h5-12,17H,13-15H2,1-4H3,(H,22,24). The Kier molecular flexibility index (Phi) is 7.16. The molecule has 0 aromatic heterocycles. The summed E-state index contributed by atoms with van der Waals surface area (Å²) in [6, 6.07) is 15.0. The zero-order valence-electron chi connectivity index (χ0n) is 16.4. The molecule has 0 aliphatic carbocycles. The number of hydrogen-bond donors (Lipinski definition) is 1. The number of sulfone groups is 1. The van der Waals surface area contributed by atoms with E-state index in [4.69, 9.17) is 0 Å². The topological polar surface area (TPSA) is 66.5 Å². The Morgan fingerprint density at radius 3 is 2.33 bits per heavy atom. The van der Waals surface area contributed by atoms with E-state index in [1.54, 1.807) is 24.3 Å². The van der Waals surface area contributed by atoms with Crippen LogP contribution in [0.2, 0.25) is 0 Å². The minimum absolute atomic E-state index is 0.000674. The smallest absolute Gasteiger partial charge is 0.234 e. The van der Waals surface area contributed by atoms with Crippen LogP contribution in [-0.2, 0) is 21.1 Å². The van der Waals surface area contributed by atoms with Gasteiger partial charge in [0, 0.05) is 18.8 Å². The number of carbonyl (C=O) groups excluding carboxylic acids is 1. The molecule has 2 aromatic rings. The van der Waals surface area contributed by atoms with E-state index in [-0.39, 0.29) is 18.5 Å². The Morgan fingerprint density at radius 2 is 1.74 bits per heavy atom. The van der Waals surface area contributed by atoms with Gasteiger partial charge in [0.05, 0.1) is 11.4 Å². The normalized spacial score (nSPS) is 12.8. The number of nitrogens with zero attached hydrogens (tertiary/aromatic N) is 1. The van der Waals surface area contributed by atoms with Crippen LogP contribution in [0.4, 0.5) is 0 Å². The van der Waals surface area contributed by atoms with Crippen molar-refractivity contribution < 1.29 is 13.2 Å². The molecule has 146 valence electrons. The van der Waals surface area contributed by atoms with E-state index in [1.165, 1.54) is 17.4 Å². The van der Waals surface area contributed by atoms with Crippen molar-refractivity contribution in [2.45, 2.75) is 31.2 Å². The molecule has 6 heteroatoms. The second-order valence-corrected chi connectivity index (χ2v) is 8.97. The third-order valence-electron chi connectivity index (χ3n) is 4.82. The Hall–Kier alpha value is -2.18. The summed E-state index contributed by atoms with van der Waals surface area (Å²) in [4.78, 5) is 14.5. The van der Waals surface area contributed by atoms with Crippen molar-refractivity contribution in [3.05, 3.63) is 65.2 Å². The van der Waals surface area contributed by atoms with E-state index in [1.807, 2.05) is 31.0 Å². The fraction of sp³-hybridized carbons (Fsp3) is 0.381. The number of nitrogens with one attached hydrogen (secondary N) is 1. The minimum atomic E-state index is -3.20. The van der Waals surface area contributed by atoms with Gasteiger partial charge in [-0.2, -0.15) is 0 Å². The average molecular weight is 389 g/mol. The maximum absolute atomic E-state index is 12.2. The minimum Gasteiger partial charge on any atom is -0.355 e. The number of likely N-dealkylation sites (N-methyl/N-ethyl adjacent to an activating group) is 1. The van der Waals surface area contributed by atoms with Crippen LogP contribution in [0, 0.1) is 6.92 Å². The molecule has 1 atom stereocenters. The Labute approximate surface area is 162 Å². The van der Waals surface area contributed by atoms with E-state index in [2.05, 4.69) is 24.4 Å². The summed E-state index contributed by atoms with van der Waals surface area (Å²) in [5.41, 5.74) is 3.44. The van der Waals surface area contributed by atoms with Gasteiger partial charge in [0.25, 0.3) is 0 Å². The van der Waals surface area contributed by atoms with Crippen LogP contribution in [0.1, 0.15) is 29.7 Å². The van der Waals surface area contributed by atoms with Gasteiger partial charge in [-0.1, -0.05) is 36.4 Å². The highest BCUT2D eigenvalue weighted by molar-refractivity contribution is 7.90. The van der Waals surface area contributed by atoms with Gasteiger partial charge in [-0.15, -0.1) is 0 Å². The fourth-order valence-corrected chi connectivity index (χ4v) is 3.53. The molecule has 2 aromatic carbocycles. The van der Waals surface area contributed by atoms with Crippen LogP contribution in [0.15, 0.2) is 53.4 Å². The summed E-state index contributed by atoms with van der Waals surface area (Å²) in [6.07, 6.45) is 2.00. The first-order valence-electron chi connectivity index (χ1n) is 9.00. The Bertz CT molecular complexity index is 877. The molecule has 0 saturated heterocycles. The molecule has 0 spiro atoms. The largest absolute Gasteiger partial charge is 0.355 e. The van der Waals surface area contributed by atoms with Crippen LogP contribution in [0.5, 0.6) is 0 Å². The molecule has 5 nitrogen and oxygen atoms in total. The van der Waals surface area contributed by atoms with Crippen LogP contribution in [0.3, 0.4) is 0 Å². The van der Waals surface area contributed by atoms with E-state index >= 15 is 0 Å². The number of carbonyl (C=O) groups is 1. The van der Waals surface area contributed by atoms with Gasteiger partial charge < -0.3 is 5.32 Å². The predicted molar refractivity (Wildman–Crippen MR) is 108 cm³/mol. The summed E-state index contributed by atoms with van der Waals surface area (Å²) in [5, 5.41) is 2.96. The second kappa shape index (κ2) is 9.15. The number of amides is 1. The van der Waals surface area contributed by atoms with E-state index in [0.29, 0.717) is 11.4 Å². The second-order valence-electron chi connectivity index (χ2n) is 6.96. The third kappa shape index (κ3) is 6.19. The van der Waals surface area contributed by atoms with Gasteiger partial charge in [0.1, 0.15) is 0 Å². The van der Waals surface area contributed by atoms with Crippen molar-refractivity contribution in [2.24, 2.45) is 0 Å². The molecule has 27 heavy (non-hydrogen) atoms. The van der Waals surface area contributed by atoms with Crippen molar-refractivity contribution in [3.8, 4) is 0 Å². The molecule has 1 N–H and O–H groups in total. The SMILES string of the molecule is Cc1ccccc1CCNC(=O)CN(C)C(C)c1ccc(S(C)(=O)=O)cc1. The number of aryl methyl sites for hydroxylation is 1. The van der Waals surface area contributed by atoms with Gasteiger partial charge in [-0.25, -0.2) is 8.42 Å². The summed E-state index contributed by atoms with van der Waals surface area (Å²) < 4.78 is 23.1. The van der Waals surface area contributed by atoms with E-state index in [9.17, 15) is 13.2 Å². The molecule has 0 aliphatic heterocycles. The lowest BCUT2D eigenvalue weighted by Crippen LogP contribution is -2.37. The average Bonchev–Trinajstić information content (AvgIpc) is 2.62. The summed E-state index contributed by atoms with van der Waals surface area (Å²) >= 11 is 0. The van der Waals surface area contributed by atoms with Gasteiger partial charge in [0.2, 0.25) is 5.91 Å². The zero-order valence-corrected chi connectivity index (χ0v) is 17.2. The highest BCUT2D eigenvalue weighted by atomic mass is 32.2. The zero-order chi connectivity index (χ0) is 20.0. The Balaban J connectivity index is 1.85.